The molecule has 0 spiro atoms. The molecule has 0 amide bonds. The molecule has 134 valence electrons. The van der Waals surface area contributed by atoms with E-state index in [9.17, 15) is 8.42 Å². The number of para-hydroxylation sites is 1. The molecule has 1 aromatic heterocycles. The second kappa shape index (κ2) is 7.35. The second-order valence-electron chi connectivity index (χ2n) is 5.79. The van der Waals surface area contributed by atoms with Crippen LogP contribution in [0.2, 0.25) is 5.02 Å². The number of halogens is 1. The van der Waals surface area contributed by atoms with Crippen molar-refractivity contribution in [1.29, 1.82) is 0 Å². The monoisotopic (exact) mass is 387 g/mol. The van der Waals surface area contributed by atoms with Crippen molar-refractivity contribution in [3.63, 3.8) is 0 Å². The molecule has 1 N–H and O–H groups in total. The number of anilines is 1. The van der Waals surface area contributed by atoms with Crippen molar-refractivity contribution in [2.75, 3.05) is 4.72 Å². The summed E-state index contributed by atoms with van der Waals surface area (Å²) < 4.78 is 29.2. The predicted molar refractivity (Wildman–Crippen MR) is 106 cm³/mol. The van der Waals surface area contributed by atoms with Gasteiger partial charge >= 0.3 is 0 Å². The molecule has 1 heterocycles. The number of hydrogen-bond acceptors (Lipinski definition) is 3. The Morgan fingerprint density at radius 2 is 1.69 bits per heavy atom. The molecule has 0 radical (unpaired) electrons. The molecular formula is C19H18ClN3O2S. The van der Waals surface area contributed by atoms with Crippen molar-refractivity contribution < 1.29 is 8.42 Å². The third-order valence-corrected chi connectivity index (χ3v) is 5.08. The van der Waals surface area contributed by atoms with Crippen molar-refractivity contribution in [3.05, 3.63) is 82.0 Å². The highest BCUT2D eigenvalue weighted by atomic mass is 35.5. The maximum absolute atomic E-state index is 12.4. The van der Waals surface area contributed by atoms with Crippen LogP contribution in [-0.2, 0) is 10.0 Å². The molecule has 0 fully saturated rings. The molecule has 26 heavy (non-hydrogen) atoms. The first kappa shape index (κ1) is 18.2. The first-order chi connectivity index (χ1) is 12.4. The number of benzene rings is 2. The van der Waals surface area contributed by atoms with E-state index >= 15 is 0 Å². The lowest BCUT2D eigenvalue weighted by Gasteiger charge is -2.06. The summed E-state index contributed by atoms with van der Waals surface area (Å²) in [7, 11) is -3.67. The first-order valence-corrected chi connectivity index (χ1v) is 9.86. The van der Waals surface area contributed by atoms with Gasteiger partial charge in [-0.15, -0.1) is 0 Å². The van der Waals surface area contributed by atoms with Crippen molar-refractivity contribution in [2.24, 2.45) is 0 Å². The Labute approximate surface area is 158 Å². The van der Waals surface area contributed by atoms with Gasteiger partial charge in [-0.2, -0.15) is 5.10 Å². The van der Waals surface area contributed by atoms with E-state index < -0.39 is 10.0 Å². The van der Waals surface area contributed by atoms with E-state index in [0.29, 0.717) is 16.4 Å². The minimum atomic E-state index is -3.67. The highest BCUT2D eigenvalue weighted by Gasteiger charge is 2.16. The van der Waals surface area contributed by atoms with Crippen LogP contribution < -0.4 is 4.72 Å². The Bertz CT molecular complexity index is 1040. The predicted octanol–water partition coefficient (Wildman–Crippen LogP) is 4.56. The van der Waals surface area contributed by atoms with E-state index in [1.54, 1.807) is 35.9 Å². The number of sulfonamides is 1. The van der Waals surface area contributed by atoms with Crippen molar-refractivity contribution in [2.45, 2.75) is 13.8 Å². The Morgan fingerprint density at radius 3 is 2.35 bits per heavy atom. The molecule has 3 aromatic rings. The summed E-state index contributed by atoms with van der Waals surface area (Å²) in [4.78, 5) is 0. The quantitative estimate of drug-likeness (QED) is 0.698. The standard InChI is InChI=1S/C19H18ClN3O2S/c1-14-19(15(2)23(21-14)18-6-4-3-5-7-18)22-26(24,25)13-12-16-8-10-17(20)11-9-16/h3-13,22H,1-2H3/b13-12+. The third-order valence-electron chi connectivity index (χ3n) is 3.85. The van der Waals surface area contributed by atoms with Gasteiger partial charge in [0.25, 0.3) is 10.0 Å². The summed E-state index contributed by atoms with van der Waals surface area (Å²) in [5.41, 5.74) is 3.42. The van der Waals surface area contributed by atoms with Crippen LogP contribution in [0.25, 0.3) is 11.8 Å². The van der Waals surface area contributed by atoms with Gasteiger partial charge < -0.3 is 0 Å². The molecule has 0 bridgehead atoms. The first-order valence-electron chi connectivity index (χ1n) is 7.94. The number of nitrogens with zero attached hydrogens (tertiary/aromatic N) is 2. The number of nitrogens with one attached hydrogen (secondary N) is 1. The molecule has 2 aromatic carbocycles. The van der Waals surface area contributed by atoms with E-state index in [1.807, 2.05) is 37.3 Å². The SMILES string of the molecule is Cc1nn(-c2ccccc2)c(C)c1NS(=O)(=O)/C=C/c1ccc(Cl)cc1. The average Bonchev–Trinajstić information content (AvgIpc) is 2.90. The highest BCUT2D eigenvalue weighted by molar-refractivity contribution is 7.95. The van der Waals surface area contributed by atoms with Crippen LogP contribution in [0.3, 0.4) is 0 Å². The van der Waals surface area contributed by atoms with Crippen LogP contribution in [-0.4, -0.2) is 18.2 Å². The van der Waals surface area contributed by atoms with E-state index in [1.165, 1.54) is 6.08 Å². The summed E-state index contributed by atoms with van der Waals surface area (Å²) in [5, 5.41) is 6.18. The van der Waals surface area contributed by atoms with Gasteiger partial charge in [0.15, 0.2) is 0 Å². The summed E-state index contributed by atoms with van der Waals surface area (Å²) in [6.07, 6.45) is 1.52. The largest absolute Gasteiger partial charge is 0.276 e. The molecular weight excluding hydrogens is 370 g/mol. The third kappa shape index (κ3) is 4.15. The Balaban J connectivity index is 1.86. The lowest BCUT2D eigenvalue weighted by Crippen LogP contribution is -2.10. The summed E-state index contributed by atoms with van der Waals surface area (Å²) in [6, 6.07) is 16.5. The highest BCUT2D eigenvalue weighted by Crippen LogP contribution is 2.24. The molecule has 0 aliphatic heterocycles. The Morgan fingerprint density at radius 1 is 1.04 bits per heavy atom. The molecule has 0 unspecified atom stereocenters. The van der Waals surface area contributed by atoms with Gasteiger partial charge in [0.05, 0.1) is 28.2 Å². The zero-order valence-corrected chi connectivity index (χ0v) is 15.9. The molecule has 0 saturated carbocycles. The number of aromatic nitrogens is 2. The van der Waals surface area contributed by atoms with Gasteiger partial charge in [-0.05, 0) is 49.8 Å². The maximum atomic E-state index is 12.4. The van der Waals surface area contributed by atoms with E-state index in [2.05, 4.69) is 9.82 Å². The van der Waals surface area contributed by atoms with Gasteiger partial charge in [-0.25, -0.2) is 13.1 Å². The zero-order valence-electron chi connectivity index (χ0n) is 14.3. The molecule has 3 rings (SSSR count). The molecule has 0 aliphatic rings. The number of rotatable bonds is 5. The Kier molecular flexibility index (Phi) is 5.15. The van der Waals surface area contributed by atoms with Crippen molar-refractivity contribution >= 4 is 33.4 Å². The van der Waals surface area contributed by atoms with E-state index in [-0.39, 0.29) is 0 Å². The molecule has 0 atom stereocenters. The molecule has 7 heteroatoms. The Hall–Kier alpha value is -2.57. The van der Waals surface area contributed by atoms with Gasteiger partial charge in [-0.1, -0.05) is 41.9 Å². The van der Waals surface area contributed by atoms with Crippen molar-refractivity contribution in [1.82, 2.24) is 9.78 Å². The van der Waals surface area contributed by atoms with E-state index in [0.717, 1.165) is 22.4 Å². The second-order valence-corrected chi connectivity index (χ2v) is 7.80. The topological polar surface area (TPSA) is 64.0 Å². The summed E-state index contributed by atoms with van der Waals surface area (Å²) in [6.45, 7) is 3.60. The summed E-state index contributed by atoms with van der Waals surface area (Å²) >= 11 is 5.83. The van der Waals surface area contributed by atoms with Crippen LogP contribution in [0.1, 0.15) is 17.0 Å². The fourth-order valence-electron chi connectivity index (χ4n) is 2.53. The van der Waals surface area contributed by atoms with Crippen LogP contribution in [0.5, 0.6) is 0 Å². The smallest absolute Gasteiger partial charge is 0.255 e. The van der Waals surface area contributed by atoms with Crippen LogP contribution in [0.15, 0.2) is 60.0 Å². The lowest BCUT2D eigenvalue weighted by molar-refractivity contribution is 0.609. The lowest BCUT2D eigenvalue weighted by atomic mass is 10.2. The van der Waals surface area contributed by atoms with Crippen LogP contribution >= 0.6 is 11.6 Å². The average molecular weight is 388 g/mol. The van der Waals surface area contributed by atoms with Gasteiger partial charge in [-0.3, -0.25) is 4.72 Å². The van der Waals surface area contributed by atoms with Gasteiger partial charge in [0, 0.05) is 5.02 Å². The minimum absolute atomic E-state index is 0.481. The molecule has 5 nitrogen and oxygen atoms in total. The zero-order chi connectivity index (χ0) is 18.7. The molecule has 0 saturated heterocycles. The normalized spacial score (nSPS) is 11.8. The minimum Gasteiger partial charge on any atom is -0.276 e. The van der Waals surface area contributed by atoms with Crippen LogP contribution in [0, 0.1) is 13.8 Å². The van der Waals surface area contributed by atoms with Crippen molar-refractivity contribution in [3.8, 4) is 5.69 Å². The fraction of sp³-hybridized carbons (Fsp3) is 0.105. The number of hydrogen-bond donors (Lipinski definition) is 1. The number of aryl methyl sites for hydroxylation is 1. The molecule has 0 aliphatic carbocycles. The summed E-state index contributed by atoms with van der Waals surface area (Å²) in [5.74, 6) is 0. The van der Waals surface area contributed by atoms with Crippen LogP contribution in [0.4, 0.5) is 5.69 Å². The fourth-order valence-corrected chi connectivity index (χ4v) is 3.64. The van der Waals surface area contributed by atoms with E-state index in [4.69, 9.17) is 11.6 Å². The van der Waals surface area contributed by atoms with Gasteiger partial charge in [0.1, 0.15) is 0 Å². The maximum Gasteiger partial charge on any atom is 0.255 e. The van der Waals surface area contributed by atoms with Gasteiger partial charge in [0.2, 0.25) is 0 Å².